The molecule has 3 rings (SSSR count). The fraction of sp³-hybridized carbons (Fsp3) is 0.143. The molecule has 1 aliphatic heterocycles. The Balaban J connectivity index is 2.04. The van der Waals surface area contributed by atoms with Crippen LogP contribution in [0.5, 0.6) is 5.75 Å². The molecule has 1 atom stereocenters. The van der Waals surface area contributed by atoms with Crippen LogP contribution in [0.25, 0.3) is 5.76 Å². The van der Waals surface area contributed by atoms with Crippen LogP contribution in [0.3, 0.4) is 0 Å². The highest BCUT2D eigenvalue weighted by molar-refractivity contribution is 6.46. The molecular weight excluding hydrogens is 349 g/mol. The Hall–Kier alpha value is -3.41. The van der Waals surface area contributed by atoms with Crippen molar-refractivity contribution in [2.45, 2.75) is 6.04 Å². The van der Waals surface area contributed by atoms with Crippen molar-refractivity contribution in [3.8, 4) is 5.75 Å². The van der Waals surface area contributed by atoms with Gasteiger partial charge in [-0.1, -0.05) is 24.8 Å². The molecule has 1 saturated heterocycles. The largest absolute Gasteiger partial charge is 0.507 e. The second-order valence-electron chi connectivity index (χ2n) is 6.09. The molecule has 1 amide bonds. The molecule has 0 aliphatic carbocycles. The molecule has 0 saturated carbocycles. The van der Waals surface area contributed by atoms with Crippen molar-refractivity contribution >= 4 is 17.4 Å². The maximum Gasteiger partial charge on any atom is 0.295 e. The molecular formula is C21H18FNO4. The zero-order valence-electron chi connectivity index (χ0n) is 14.7. The van der Waals surface area contributed by atoms with E-state index in [0.717, 1.165) is 0 Å². The maximum absolute atomic E-state index is 13.2. The second-order valence-corrected chi connectivity index (χ2v) is 6.09. The number of rotatable bonds is 5. The lowest BCUT2D eigenvalue weighted by Crippen LogP contribution is -2.24. The summed E-state index contributed by atoms with van der Waals surface area (Å²) in [5.74, 6) is -1.68. The second kappa shape index (κ2) is 7.45. The molecule has 0 bridgehead atoms. The Morgan fingerprint density at radius 1 is 1.19 bits per heavy atom. The molecule has 2 aromatic rings. The van der Waals surface area contributed by atoms with Crippen LogP contribution >= 0.6 is 0 Å². The first-order chi connectivity index (χ1) is 12.9. The highest BCUT2D eigenvalue weighted by atomic mass is 19.1. The number of hydrogen-bond acceptors (Lipinski definition) is 4. The van der Waals surface area contributed by atoms with Crippen molar-refractivity contribution in [3.05, 3.63) is 83.7 Å². The number of carbonyl (C=O) groups is 2. The van der Waals surface area contributed by atoms with Gasteiger partial charge in [0.1, 0.15) is 23.9 Å². The van der Waals surface area contributed by atoms with E-state index in [9.17, 15) is 19.1 Å². The topological polar surface area (TPSA) is 66.8 Å². The standard InChI is InChI=1S/C21H18FNO4/c1-3-12-27-16-10-6-13(7-11-16)18-17(20(25)21(26)23(18)2)19(24)14-4-8-15(22)9-5-14/h3-11,18,24H,1,12H2,2H3/b19-17+. The number of hydrogen-bond donors (Lipinski definition) is 1. The lowest BCUT2D eigenvalue weighted by atomic mass is 9.95. The van der Waals surface area contributed by atoms with Gasteiger partial charge < -0.3 is 14.7 Å². The molecule has 1 fully saturated rings. The van der Waals surface area contributed by atoms with E-state index in [0.29, 0.717) is 17.9 Å². The van der Waals surface area contributed by atoms with Crippen LogP contribution in [0.1, 0.15) is 17.2 Å². The van der Waals surface area contributed by atoms with E-state index in [4.69, 9.17) is 4.74 Å². The van der Waals surface area contributed by atoms with E-state index < -0.39 is 23.5 Å². The third-order valence-electron chi connectivity index (χ3n) is 4.36. The number of nitrogens with zero attached hydrogens (tertiary/aromatic N) is 1. The highest BCUT2D eigenvalue weighted by Crippen LogP contribution is 2.38. The Labute approximate surface area is 156 Å². The van der Waals surface area contributed by atoms with Crippen molar-refractivity contribution in [2.75, 3.05) is 13.7 Å². The van der Waals surface area contributed by atoms with Crippen LogP contribution in [0.4, 0.5) is 4.39 Å². The van der Waals surface area contributed by atoms with E-state index in [1.807, 2.05) is 0 Å². The van der Waals surface area contributed by atoms with Gasteiger partial charge >= 0.3 is 0 Å². The van der Waals surface area contributed by atoms with Crippen LogP contribution in [0.2, 0.25) is 0 Å². The van der Waals surface area contributed by atoms with E-state index >= 15 is 0 Å². The van der Waals surface area contributed by atoms with Gasteiger partial charge in [0.15, 0.2) is 0 Å². The number of ether oxygens (including phenoxy) is 1. The summed E-state index contributed by atoms with van der Waals surface area (Å²) >= 11 is 0. The zero-order valence-corrected chi connectivity index (χ0v) is 14.7. The Bertz CT molecular complexity index is 916. The number of likely N-dealkylation sites (tertiary alicyclic amines) is 1. The van der Waals surface area contributed by atoms with Gasteiger partial charge in [0.2, 0.25) is 0 Å². The van der Waals surface area contributed by atoms with Gasteiger partial charge in [0.05, 0.1) is 11.6 Å². The van der Waals surface area contributed by atoms with Gasteiger partial charge in [-0.15, -0.1) is 0 Å². The lowest BCUT2D eigenvalue weighted by molar-refractivity contribution is -0.139. The van der Waals surface area contributed by atoms with E-state index in [2.05, 4.69) is 6.58 Å². The summed E-state index contributed by atoms with van der Waals surface area (Å²) in [6.07, 6.45) is 1.62. The van der Waals surface area contributed by atoms with Crippen LogP contribution in [0, 0.1) is 5.82 Å². The fourth-order valence-corrected chi connectivity index (χ4v) is 3.00. The average Bonchev–Trinajstić information content (AvgIpc) is 2.91. The van der Waals surface area contributed by atoms with Gasteiger partial charge in [-0.25, -0.2) is 4.39 Å². The molecule has 27 heavy (non-hydrogen) atoms. The quantitative estimate of drug-likeness (QED) is 0.380. The summed E-state index contributed by atoms with van der Waals surface area (Å²) in [7, 11) is 1.50. The Morgan fingerprint density at radius 2 is 1.81 bits per heavy atom. The third-order valence-corrected chi connectivity index (χ3v) is 4.36. The van der Waals surface area contributed by atoms with E-state index in [-0.39, 0.29) is 16.9 Å². The first-order valence-electron chi connectivity index (χ1n) is 8.28. The summed E-state index contributed by atoms with van der Waals surface area (Å²) in [5.41, 5.74) is 0.874. The molecule has 1 N–H and O–H groups in total. The number of benzene rings is 2. The monoisotopic (exact) mass is 367 g/mol. The van der Waals surface area contributed by atoms with Gasteiger partial charge in [0, 0.05) is 12.6 Å². The van der Waals surface area contributed by atoms with Crippen LogP contribution in [-0.2, 0) is 9.59 Å². The minimum absolute atomic E-state index is 0.0335. The minimum atomic E-state index is -0.781. The fourth-order valence-electron chi connectivity index (χ4n) is 3.00. The number of aliphatic hydroxyl groups excluding tert-OH is 1. The predicted octanol–water partition coefficient (Wildman–Crippen LogP) is 3.44. The van der Waals surface area contributed by atoms with E-state index in [1.165, 1.54) is 36.2 Å². The first kappa shape index (κ1) is 18.4. The molecule has 2 aromatic carbocycles. The molecule has 0 spiro atoms. The predicted molar refractivity (Wildman–Crippen MR) is 98.6 cm³/mol. The van der Waals surface area contributed by atoms with Crippen LogP contribution in [-0.4, -0.2) is 35.4 Å². The van der Waals surface area contributed by atoms with Crippen molar-refractivity contribution in [1.82, 2.24) is 4.90 Å². The molecule has 0 aromatic heterocycles. The number of halogens is 1. The number of likely N-dealkylation sites (N-methyl/N-ethyl adjacent to an activating group) is 1. The van der Waals surface area contributed by atoms with Crippen molar-refractivity contribution in [2.24, 2.45) is 0 Å². The number of carbonyl (C=O) groups excluding carboxylic acids is 2. The normalized spacial score (nSPS) is 18.6. The molecule has 6 heteroatoms. The minimum Gasteiger partial charge on any atom is -0.507 e. The Morgan fingerprint density at radius 3 is 2.41 bits per heavy atom. The van der Waals surface area contributed by atoms with Crippen LogP contribution in [0.15, 0.2) is 66.8 Å². The molecule has 138 valence electrons. The van der Waals surface area contributed by atoms with Gasteiger partial charge in [-0.2, -0.15) is 0 Å². The SMILES string of the molecule is C=CCOc1ccc(C2/C(=C(\O)c3ccc(F)cc3)C(=O)C(=O)N2C)cc1. The van der Waals surface area contributed by atoms with Gasteiger partial charge in [-0.3, -0.25) is 9.59 Å². The Kier molecular flexibility index (Phi) is 5.07. The molecule has 1 unspecified atom stereocenters. The average molecular weight is 367 g/mol. The van der Waals surface area contributed by atoms with Gasteiger partial charge in [-0.05, 0) is 42.0 Å². The molecule has 1 heterocycles. The van der Waals surface area contributed by atoms with Crippen molar-refractivity contribution in [3.63, 3.8) is 0 Å². The maximum atomic E-state index is 13.2. The van der Waals surface area contributed by atoms with Gasteiger partial charge in [0.25, 0.3) is 11.7 Å². The van der Waals surface area contributed by atoms with Crippen LogP contribution < -0.4 is 4.74 Å². The summed E-state index contributed by atoms with van der Waals surface area (Å²) < 4.78 is 18.6. The molecule has 1 aliphatic rings. The van der Waals surface area contributed by atoms with E-state index in [1.54, 1.807) is 30.3 Å². The number of ketones is 1. The number of aliphatic hydroxyl groups is 1. The van der Waals surface area contributed by atoms with Crippen molar-refractivity contribution in [1.29, 1.82) is 0 Å². The number of amides is 1. The zero-order chi connectivity index (χ0) is 19.6. The highest BCUT2D eigenvalue weighted by Gasteiger charge is 2.44. The third kappa shape index (κ3) is 3.46. The first-order valence-corrected chi connectivity index (χ1v) is 8.28. The molecule has 0 radical (unpaired) electrons. The summed E-state index contributed by atoms with van der Waals surface area (Å²) in [6.45, 7) is 3.94. The smallest absolute Gasteiger partial charge is 0.295 e. The lowest BCUT2D eigenvalue weighted by Gasteiger charge is -2.21. The summed E-state index contributed by atoms with van der Waals surface area (Å²) in [4.78, 5) is 26.0. The summed E-state index contributed by atoms with van der Waals surface area (Å²) in [5, 5.41) is 10.6. The number of Topliss-reactive ketones (excluding diaryl/α,β-unsaturated/α-hetero) is 1. The van der Waals surface area contributed by atoms with Crippen molar-refractivity contribution < 1.29 is 23.8 Å². The molecule has 5 nitrogen and oxygen atoms in total. The summed E-state index contributed by atoms with van der Waals surface area (Å²) in [6, 6.07) is 11.2.